The van der Waals surface area contributed by atoms with Gasteiger partial charge >= 0.3 is 0 Å². The molecule has 0 bridgehead atoms. The fraction of sp³-hybridized carbons (Fsp3) is 0.200. The number of hydrogen-bond acceptors (Lipinski definition) is 3. The molecule has 0 aliphatic rings. The number of aromatic nitrogens is 1. The first kappa shape index (κ1) is 13.1. The van der Waals surface area contributed by atoms with Crippen molar-refractivity contribution < 1.29 is 4.79 Å². The predicted octanol–water partition coefficient (Wildman–Crippen LogP) is 1.98. The highest BCUT2D eigenvalue weighted by Gasteiger charge is 2.00. The molecule has 1 amide bonds. The van der Waals surface area contributed by atoms with Crippen LogP contribution in [0, 0.1) is 0 Å². The minimum atomic E-state index is 0.0224. The Kier molecular flexibility index (Phi) is 4.50. The summed E-state index contributed by atoms with van der Waals surface area (Å²) in [5, 5.41) is 5.90. The molecule has 0 saturated heterocycles. The Morgan fingerprint density at radius 2 is 1.95 bits per heavy atom. The van der Waals surface area contributed by atoms with Crippen LogP contribution < -0.4 is 10.6 Å². The summed E-state index contributed by atoms with van der Waals surface area (Å²) in [7, 11) is 1.64. The topological polar surface area (TPSA) is 54.0 Å². The molecule has 2 aromatic rings. The van der Waals surface area contributed by atoms with Crippen LogP contribution in [-0.2, 0) is 17.8 Å². The lowest BCUT2D eigenvalue weighted by Gasteiger charge is -2.07. The third kappa shape index (κ3) is 4.10. The number of likely N-dealkylation sites (N-methyl/N-ethyl adjacent to an activating group) is 1. The standard InChI is InChI=1S/C15H17N3O/c1-16-15(19)10-12-5-7-13(8-6-12)18-11-14-4-2-3-9-17-14/h2-9,18H,10-11H2,1H3,(H,16,19). The van der Waals surface area contributed by atoms with Gasteiger partial charge in [-0.2, -0.15) is 0 Å². The highest BCUT2D eigenvalue weighted by atomic mass is 16.1. The van der Waals surface area contributed by atoms with E-state index in [1.807, 2.05) is 42.5 Å². The van der Waals surface area contributed by atoms with Gasteiger partial charge in [0.2, 0.25) is 5.91 Å². The SMILES string of the molecule is CNC(=O)Cc1ccc(NCc2ccccn2)cc1. The van der Waals surface area contributed by atoms with E-state index in [0.29, 0.717) is 13.0 Å². The molecule has 0 aliphatic carbocycles. The van der Waals surface area contributed by atoms with Gasteiger partial charge in [-0.05, 0) is 29.8 Å². The van der Waals surface area contributed by atoms with Crippen LogP contribution >= 0.6 is 0 Å². The second-order valence-corrected chi connectivity index (χ2v) is 4.22. The molecule has 0 fully saturated rings. The monoisotopic (exact) mass is 255 g/mol. The lowest BCUT2D eigenvalue weighted by molar-refractivity contribution is -0.119. The van der Waals surface area contributed by atoms with Crippen molar-refractivity contribution in [1.29, 1.82) is 0 Å². The van der Waals surface area contributed by atoms with E-state index in [-0.39, 0.29) is 5.91 Å². The number of hydrogen-bond donors (Lipinski definition) is 2. The van der Waals surface area contributed by atoms with Crippen LogP contribution in [0.3, 0.4) is 0 Å². The van der Waals surface area contributed by atoms with E-state index in [1.165, 1.54) is 0 Å². The molecule has 1 aromatic heterocycles. The Bertz CT molecular complexity index is 523. The van der Waals surface area contributed by atoms with Gasteiger partial charge in [-0.15, -0.1) is 0 Å². The first-order valence-corrected chi connectivity index (χ1v) is 6.21. The molecule has 98 valence electrons. The highest BCUT2D eigenvalue weighted by molar-refractivity contribution is 5.78. The van der Waals surface area contributed by atoms with E-state index in [0.717, 1.165) is 16.9 Å². The van der Waals surface area contributed by atoms with Crippen LogP contribution in [0.5, 0.6) is 0 Å². The summed E-state index contributed by atoms with van der Waals surface area (Å²) in [5.74, 6) is 0.0224. The molecule has 0 spiro atoms. The second-order valence-electron chi connectivity index (χ2n) is 4.22. The number of anilines is 1. The van der Waals surface area contributed by atoms with Crippen molar-refractivity contribution in [3.63, 3.8) is 0 Å². The first-order chi connectivity index (χ1) is 9.28. The first-order valence-electron chi connectivity index (χ1n) is 6.21. The Labute approximate surface area is 112 Å². The maximum atomic E-state index is 11.2. The third-order valence-corrected chi connectivity index (χ3v) is 2.80. The zero-order valence-electron chi connectivity index (χ0n) is 10.9. The van der Waals surface area contributed by atoms with E-state index in [4.69, 9.17) is 0 Å². The van der Waals surface area contributed by atoms with Crippen molar-refractivity contribution >= 4 is 11.6 Å². The molecule has 0 atom stereocenters. The van der Waals surface area contributed by atoms with Gasteiger partial charge in [-0.1, -0.05) is 18.2 Å². The number of nitrogens with zero attached hydrogens (tertiary/aromatic N) is 1. The minimum absolute atomic E-state index is 0.0224. The van der Waals surface area contributed by atoms with Crippen LogP contribution in [0.15, 0.2) is 48.7 Å². The largest absolute Gasteiger partial charge is 0.379 e. The van der Waals surface area contributed by atoms with Crippen LogP contribution in [0.2, 0.25) is 0 Å². The average molecular weight is 255 g/mol. The van der Waals surface area contributed by atoms with Crippen molar-refractivity contribution in [3.8, 4) is 0 Å². The molecule has 1 aromatic carbocycles. The normalized spacial score (nSPS) is 9.95. The fourth-order valence-corrected chi connectivity index (χ4v) is 1.71. The van der Waals surface area contributed by atoms with Crippen molar-refractivity contribution in [2.45, 2.75) is 13.0 Å². The Morgan fingerprint density at radius 3 is 2.58 bits per heavy atom. The van der Waals surface area contributed by atoms with Gasteiger partial charge in [0.1, 0.15) is 0 Å². The van der Waals surface area contributed by atoms with Crippen molar-refractivity contribution in [2.75, 3.05) is 12.4 Å². The van der Waals surface area contributed by atoms with Crippen molar-refractivity contribution in [3.05, 3.63) is 59.9 Å². The molecule has 2 N–H and O–H groups in total. The summed E-state index contributed by atoms with van der Waals surface area (Å²) in [6.45, 7) is 0.690. The number of benzene rings is 1. The summed E-state index contributed by atoms with van der Waals surface area (Å²) in [6, 6.07) is 13.7. The molecule has 0 radical (unpaired) electrons. The molecule has 19 heavy (non-hydrogen) atoms. The van der Waals surface area contributed by atoms with Crippen LogP contribution in [0.25, 0.3) is 0 Å². The molecule has 0 saturated carbocycles. The van der Waals surface area contributed by atoms with Crippen LogP contribution in [0.1, 0.15) is 11.3 Å². The van der Waals surface area contributed by atoms with Crippen molar-refractivity contribution in [1.82, 2.24) is 10.3 Å². The maximum Gasteiger partial charge on any atom is 0.224 e. The molecule has 1 heterocycles. The number of carbonyl (C=O) groups excluding carboxylic acids is 1. The summed E-state index contributed by atoms with van der Waals surface area (Å²) in [6.07, 6.45) is 2.19. The van der Waals surface area contributed by atoms with E-state index < -0.39 is 0 Å². The summed E-state index contributed by atoms with van der Waals surface area (Å²) in [4.78, 5) is 15.5. The zero-order valence-corrected chi connectivity index (χ0v) is 10.9. The van der Waals surface area contributed by atoms with Crippen molar-refractivity contribution in [2.24, 2.45) is 0 Å². The fourth-order valence-electron chi connectivity index (χ4n) is 1.71. The van der Waals surface area contributed by atoms with Gasteiger partial charge in [0.05, 0.1) is 18.7 Å². The maximum absolute atomic E-state index is 11.2. The number of nitrogens with one attached hydrogen (secondary N) is 2. The number of amides is 1. The van der Waals surface area contributed by atoms with Crippen LogP contribution in [0.4, 0.5) is 5.69 Å². The third-order valence-electron chi connectivity index (χ3n) is 2.80. The predicted molar refractivity (Wildman–Crippen MR) is 75.8 cm³/mol. The lowest BCUT2D eigenvalue weighted by Crippen LogP contribution is -2.19. The second kappa shape index (κ2) is 6.54. The van der Waals surface area contributed by atoms with Gasteiger partial charge in [-0.25, -0.2) is 0 Å². The quantitative estimate of drug-likeness (QED) is 0.859. The highest BCUT2D eigenvalue weighted by Crippen LogP contribution is 2.11. The van der Waals surface area contributed by atoms with E-state index in [1.54, 1.807) is 13.2 Å². The van der Waals surface area contributed by atoms with Gasteiger partial charge in [0.15, 0.2) is 0 Å². The summed E-state index contributed by atoms with van der Waals surface area (Å²) in [5.41, 5.74) is 3.02. The number of pyridine rings is 1. The molecule has 0 unspecified atom stereocenters. The Morgan fingerprint density at radius 1 is 1.16 bits per heavy atom. The zero-order chi connectivity index (χ0) is 13.5. The van der Waals surface area contributed by atoms with Gasteiger partial charge in [0.25, 0.3) is 0 Å². The molecular weight excluding hydrogens is 238 g/mol. The molecular formula is C15H17N3O. The van der Waals surface area contributed by atoms with E-state index in [9.17, 15) is 4.79 Å². The smallest absolute Gasteiger partial charge is 0.224 e. The summed E-state index contributed by atoms with van der Waals surface area (Å²) >= 11 is 0. The van der Waals surface area contributed by atoms with Gasteiger partial charge in [-0.3, -0.25) is 9.78 Å². The number of rotatable bonds is 5. The molecule has 0 aliphatic heterocycles. The van der Waals surface area contributed by atoms with Gasteiger partial charge < -0.3 is 10.6 Å². The number of carbonyl (C=O) groups is 1. The molecule has 4 nitrogen and oxygen atoms in total. The molecule has 2 rings (SSSR count). The van der Waals surface area contributed by atoms with Crippen LogP contribution in [-0.4, -0.2) is 17.9 Å². The van der Waals surface area contributed by atoms with E-state index >= 15 is 0 Å². The minimum Gasteiger partial charge on any atom is -0.379 e. The van der Waals surface area contributed by atoms with Gasteiger partial charge in [0, 0.05) is 18.9 Å². The van der Waals surface area contributed by atoms with E-state index in [2.05, 4.69) is 15.6 Å². The average Bonchev–Trinajstić information content (AvgIpc) is 2.47. The Hall–Kier alpha value is -2.36. The Balaban J connectivity index is 1.90. The lowest BCUT2D eigenvalue weighted by atomic mass is 10.1. The summed E-state index contributed by atoms with van der Waals surface area (Å²) < 4.78 is 0. The molecule has 4 heteroatoms.